The number of fused-ring (bicyclic) bond motifs is 3. The second kappa shape index (κ2) is 11.5. The van der Waals surface area contributed by atoms with Gasteiger partial charge < -0.3 is 20.7 Å². The summed E-state index contributed by atoms with van der Waals surface area (Å²) in [7, 11) is 2.13. The Hall–Kier alpha value is -3.78. The molecule has 11 heteroatoms. The number of likely N-dealkylation sites (N-methyl/N-ethyl adjacent to an activating group) is 1. The maximum atomic E-state index is 17.2. The maximum absolute atomic E-state index is 17.2. The van der Waals surface area contributed by atoms with E-state index in [2.05, 4.69) is 40.0 Å². The molecule has 7 rings (SSSR count). The van der Waals surface area contributed by atoms with Gasteiger partial charge in [0.25, 0.3) is 0 Å². The van der Waals surface area contributed by atoms with Crippen molar-refractivity contribution in [2.75, 3.05) is 50.5 Å². The molecular formula is C34H36ClF2N7O. The smallest absolute Gasteiger partial charge is 0.319 e. The van der Waals surface area contributed by atoms with E-state index in [4.69, 9.17) is 38.5 Å². The third-order valence-corrected chi connectivity index (χ3v) is 10.3. The molecule has 2 aromatic carbocycles. The average molecular weight is 632 g/mol. The van der Waals surface area contributed by atoms with Crippen LogP contribution < -0.4 is 20.7 Å². The normalized spacial score (nSPS) is 21.6. The summed E-state index contributed by atoms with van der Waals surface area (Å²) in [5.41, 5.74) is 6.91. The highest BCUT2D eigenvalue weighted by Crippen LogP contribution is 2.46. The number of hydrogen-bond acceptors (Lipinski definition) is 8. The molecule has 45 heavy (non-hydrogen) atoms. The Bertz CT molecular complexity index is 1880. The maximum Gasteiger partial charge on any atom is 0.319 e. The highest BCUT2D eigenvalue weighted by molar-refractivity contribution is 6.36. The van der Waals surface area contributed by atoms with E-state index in [0.29, 0.717) is 41.7 Å². The van der Waals surface area contributed by atoms with Crippen molar-refractivity contribution >= 4 is 44.9 Å². The SMILES string of the molecule is C#Cc1c(F)ccc2cc(N)nc(-c3c(Cl)c4c5c(nc(OCC6(CCC)CCCN6C)nc5c3F)N3CCNCC3CC4)c12. The van der Waals surface area contributed by atoms with Gasteiger partial charge in [-0.1, -0.05) is 36.9 Å². The lowest BCUT2D eigenvalue weighted by Gasteiger charge is -2.37. The summed E-state index contributed by atoms with van der Waals surface area (Å²) in [5, 5.41) is 5.01. The van der Waals surface area contributed by atoms with E-state index in [-0.39, 0.29) is 56.2 Å². The number of anilines is 2. The van der Waals surface area contributed by atoms with Crippen molar-refractivity contribution in [1.29, 1.82) is 0 Å². The number of hydrogen-bond donors (Lipinski definition) is 2. The summed E-state index contributed by atoms with van der Waals surface area (Å²) in [6.45, 7) is 5.80. The fraction of sp³-hybridized carbons (Fsp3) is 0.441. The Morgan fingerprint density at radius 1 is 1.22 bits per heavy atom. The molecule has 2 fully saturated rings. The summed E-state index contributed by atoms with van der Waals surface area (Å²) in [4.78, 5) is 18.8. The van der Waals surface area contributed by atoms with Crippen LogP contribution in [0.3, 0.4) is 0 Å². The third-order valence-electron chi connectivity index (χ3n) is 9.91. The zero-order chi connectivity index (χ0) is 31.5. The van der Waals surface area contributed by atoms with Crippen LogP contribution in [-0.2, 0) is 6.42 Å². The van der Waals surface area contributed by atoms with Gasteiger partial charge in [0.05, 0.1) is 32.8 Å². The quantitative estimate of drug-likeness (QED) is 0.262. The van der Waals surface area contributed by atoms with Crippen LogP contribution in [0.1, 0.15) is 50.2 Å². The first-order valence-electron chi connectivity index (χ1n) is 15.6. The minimum absolute atomic E-state index is 0.00913. The molecular weight excluding hydrogens is 596 g/mol. The van der Waals surface area contributed by atoms with Crippen LogP contribution in [0.25, 0.3) is 32.9 Å². The van der Waals surface area contributed by atoms with Crippen molar-refractivity contribution in [3.05, 3.63) is 46.0 Å². The summed E-state index contributed by atoms with van der Waals surface area (Å²) in [6.07, 6.45) is 11.2. The number of likely N-dealkylation sites (tertiary alicyclic amines) is 1. The van der Waals surface area contributed by atoms with Crippen LogP contribution in [0.5, 0.6) is 6.01 Å². The van der Waals surface area contributed by atoms with Crippen molar-refractivity contribution < 1.29 is 13.5 Å². The molecule has 0 radical (unpaired) electrons. The molecule has 4 aromatic rings. The van der Waals surface area contributed by atoms with E-state index < -0.39 is 11.6 Å². The number of ether oxygens (including phenoxy) is 1. The second-order valence-corrected chi connectivity index (χ2v) is 12.9. The van der Waals surface area contributed by atoms with Gasteiger partial charge in [-0.05, 0) is 68.8 Å². The fourth-order valence-corrected chi connectivity index (χ4v) is 8.00. The molecule has 2 unspecified atom stereocenters. The van der Waals surface area contributed by atoms with Gasteiger partial charge in [-0.15, -0.1) is 6.42 Å². The zero-order valence-corrected chi connectivity index (χ0v) is 26.3. The Morgan fingerprint density at radius 2 is 2.07 bits per heavy atom. The first-order chi connectivity index (χ1) is 21.8. The molecule has 0 spiro atoms. The van der Waals surface area contributed by atoms with Gasteiger partial charge >= 0.3 is 6.01 Å². The van der Waals surface area contributed by atoms with Crippen LogP contribution in [0.15, 0.2) is 18.2 Å². The summed E-state index contributed by atoms with van der Waals surface area (Å²) in [6, 6.07) is 4.66. The lowest BCUT2D eigenvalue weighted by Crippen LogP contribution is -2.51. The molecule has 2 aromatic heterocycles. The Kier molecular flexibility index (Phi) is 7.67. The zero-order valence-electron chi connectivity index (χ0n) is 25.5. The minimum Gasteiger partial charge on any atom is -0.461 e. The average Bonchev–Trinajstić information content (AvgIpc) is 3.30. The number of benzene rings is 2. The van der Waals surface area contributed by atoms with Crippen LogP contribution in [0, 0.1) is 24.0 Å². The van der Waals surface area contributed by atoms with Crippen LogP contribution in [-0.4, -0.2) is 71.3 Å². The number of nitrogen functional groups attached to an aromatic ring is 1. The van der Waals surface area contributed by atoms with E-state index in [9.17, 15) is 0 Å². The van der Waals surface area contributed by atoms with Crippen molar-refractivity contribution in [3.63, 3.8) is 0 Å². The van der Waals surface area contributed by atoms with Gasteiger partial charge in [0, 0.05) is 31.1 Å². The second-order valence-electron chi connectivity index (χ2n) is 12.5. The number of piperazine rings is 1. The predicted octanol–water partition coefficient (Wildman–Crippen LogP) is 5.71. The first-order valence-corrected chi connectivity index (χ1v) is 16.0. The molecule has 3 aliphatic rings. The minimum atomic E-state index is -0.700. The number of nitrogens with two attached hydrogens (primary N) is 1. The molecule has 0 amide bonds. The highest BCUT2D eigenvalue weighted by Gasteiger charge is 2.40. The van der Waals surface area contributed by atoms with E-state index in [1.807, 2.05) is 0 Å². The molecule has 0 aliphatic carbocycles. The lowest BCUT2D eigenvalue weighted by molar-refractivity contribution is 0.0828. The summed E-state index contributed by atoms with van der Waals surface area (Å²) < 4.78 is 38.6. The number of nitrogens with one attached hydrogen (secondary N) is 1. The Labute approximate surface area is 266 Å². The molecule has 234 valence electrons. The van der Waals surface area contributed by atoms with Crippen molar-refractivity contribution in [2.45, 2.75) is 57.0 Å². The number of aryl methyl sites for hydroxylation is 1. The highest BCUT2D eigenvalue weighted by atomic mass is 35.5. The number of halogens is 3. The van der Waals surface area contributed by atoms with Gasteiger partial charge in [-0.2, -0.15) is 9.97 Å². The first kappa shape index (κ1) is 29.9. The van der Waals surface area contributed by atoms with Crippen LogP contribution in [0.4, 0.5) is 20.4 Å². The molecule has 0 saturated carbocycles. The predicted molar refractivity (Wildman–Crippen MR) is 175 cm³/mol. The summed E-state index contributed by atoms with van der Waals surface area (Å²) in [5.74, 6) is 1.85. The number of rotatable bonds is 6. The largest absolute Gasteiger partial charge is 0.461 e. The van der Waals surface area contributed by atoms with Gasteiger partial charge in [0.1, 0.15) is 29.6 Å². The molecule has 2 saturated heterocycles. The Morgan fingerprint density at radius 3 is 2.82 bits per heavy atom. The standard InChI is InChI=1S/C34H36ClF2N7O/c1-4-11-34(12-6-14-43(34)3)18-45-33-41-31-26-22(9-8-20-17-39-13-15-44(20)32(26)42-33)28(35)27(29(31)37)30-25-19(16-24(38)40-30)7-10-23(36)21(25)5-2/h2,7,10,16,20,39H,4,6,8-9,11-15,17-18H2,1,3H3,(H2,38,40). The summed E-state index contributed by atoms with van der Waals surface area (Å²) >= 11 is 7.16. The molecule has 3 aliphatic heterocycles. The van der Waals surface area contributed by atoms with Crippen molar-refractivity contribution in [3.8, 4) is 29.6 Å². The third kappa shape index (κ3) is 4.84. The fourth-order valence-electron chi connectivity index (χ4n) is 7.64. The van der Waals surface area contributed by atoms with E-state index >= 15 is 8.78 Å². The monoisotopic (exact) mass is 631 g/mol. The van der Waals surface area contributed by atoms with Gasteiger partial charge in [0.15, 0.2) is 5.82 Å². The van der Waals surface area contributed by atoms with E-state index in [1.54, 1.807) is 12.1 Å². The topological polar surface area (TPSA) is 92.4 Å². The van der Waals surface area contributed by atoms with Gasteiger partial charge in [0.2, 0.25) is 0 Å². The van der Waals surface area contributed by atoms with Crippen molar-refractivity contribution in [2.24, 2.45) is 0 Å². The van der Waals surface area contributed by atoms with Crippen LogP contribution >= 0.6 is 11.6 Å². The number of terminal acetylenes is 1. The van der Waals surface area contributed by atoms with E-state index in [1.165, 1.54) is 6.07 Å². The van der Waals surface area contributed by atoms with Gasteiger partial charge in [-0.3, -0.25) is 4.90 Å². The van der Waals surface area contributed by atoms with Crippen molar-refractivity contribution in [1.82, 2.24) is 25.2 Å². The lowest BCUT2D eigenvalue weighted by atomic mass is 9.92. The Balaban J connectivity index is 1.48. The molecule has 2 atom stereocenters. The molecule has 0 bridgehead atoms. The van der Waals surface area contributed by atoms with Gasteiger partial charge in [-0.25, -0.2) is 13.8 Å². The van der Waals surface area contributed by atoms with E-state index in [0.717, 1.165) is 51.7 Å². The molecule has 5 heterocycles. The van der Waals surface area contributed by atoms with Crippen LogP contribution in [0.2, 0.25) is 5.02 Å². The molecule has 8 nitrogen and oxygen atoms in total. The molecule has 3 N–H and O–H groups in total. The number of nitrogens with zero attached hydrogens (tertiary/aromatic N) is 5. The number of pyridine rings is 1. The number of aromatic nitrogens is 3.